The summed E-state index contributed by atoms with van der Waals surface area (Å²) >= 11 is 0. The second-order valence-corrected chi connectivity index (χ2v) is 5.80. The summed E-state index contributed by atoms with van der Waals surface area (Å²) < 4.78 is 24.2. The van der Waals surface area contributed by atoms with Gasteiger partial charge in [-0.25, -0.2) is 8.42 Å². The molecule has 0 spiro atoms. The van der Waals surface area contributed by atoms with Crippen LogP contribution in [0.15, 0.2) is 0 Å². The van der Waals surface area contributed by atoms with Gasteiger partial charge in [0, 0.05) is 32.2 Å². The molecule has 0 aromatic rings. The molecule has 1 rings (SSSR count). The third kappa shape index (κ3) is 2.91. The van der Waals surface area contributed by atoms with Gasteiger partial charge in [-0.2, -0.15) is 4.31 Å². The van der Waals surface area contributed by atoms with E-state index in [0.717, 1.165) is 13.1 Å². The van der Waals surface area contributed by atoms with Crippen molar-refractivity contribution in [2.75, 3.05) is 46.5 Å². The first-order chi connectivity index (χ1) is 6.45. The van der Waals surface area contributed by atoms with E-state index in [9.17, 15) is 8.42 Å². The molecule has 1 aliphatic heterocycles. The van der Waals surface area contributed by atoms with Crippen molar-refractivity contribution in [3.8, 4) is 0 Å². The highest BCUT2D eigenvalue weighted by Gasteiger charge is 2.28. The molecule has 5 nitrogen and oxygen atoms in total. The first kappa shape index (κ1) is 11.9. The maximum atomic E-state index is 11.3. The van der Waals surface area contributed by atoms with Crippen LogP contribution < -0.4 is 5.32 Å². The molecule has 1 fully saturated rings. The highest BCUT2D eigenvalue weighted by Crippen LogP contribution is 2.09. The van der Waals surface area contributed by atoms with Crippen LogP contribution in [0.3, 0.4) is 0 Å². The van der Waals surface area contributed by atoms with E-state index in [1.54, 1.807) is 4.31 Å². The van der Waals surface area contributed by atoms with Gasteiger partial charge in [-0.1, -0.05) is 0 Å². The molecule has 84 valence electrons. The number of hydrogen-bond acceptors (Lipinski definition) is 4. The fraction of sp³-hybridized carbons (Fsp3) is 1.00. The first-order valence-electron chi connectivity index (χ1n) is 4.75. The van der Waals surface area contributed by atoms with Gasteiger partial charge < -0.3 is 5.32 Å². The normalized spacial score (nSPS) is 26.6. The Morgan fingerprint density at radius 3 is 2.57 bits per heavy atom. The first-order valence-corrected chi connectivity index (χ1v) is 6.60. The number of rotatable bonds is 3. The lowest BCUT2D eigenvalue weighted by Crippen LogP contribution is -2.55. The van der Waals surface area contributed by atoms with Gasteiger partial charge in [-0.15, -0.1) is 0 Å². The quantitative estimate of drug-likeness (QED) is 0.649. The van der Waals surface area contributed by atoms with E-state index >= 15 is 0 Å². The zero-order chi connectivity index (χ0) is 10.8. The van der Waals surface area contributed by atoms with Crippen LogP contribution in [0.4, 0.5) is 0 Å². The maximum Gasteiger partial charge on any atom is 0.211 e. The van der Waals surface area contributed by atoms with Crippen molar-refractivity contribution in [2.45, 2.75) is 6.04 Å². The highest BCUT2D eigenvalue weighted by molar-refractivity contribution is 7.88. The summed E-state index contributed by atoms with van der Waals surface area (Å²) in [6, 6.07) is 0.281. The summed E-state index contributed by atoms with van der Waals surface area (Å²) in [5.74, 6) is 0. The monoisotopic (exact) mass is 221 g/mol. The van der Waals surface area contributed by atoms with E-state index in [2.05, 4.69) is 10.2 Å². The molecule has 0 amide bonds. The van der Waals surface area contributed by atoms with E-state index in [1.807, 2.05) is 14.1 Å². The molecule has 14 heavy (non-hydrogen) atoms. The SMILES string of the molecule is CNCC1CN(S(C)(=O)=O)CCN1C. The molecule has 1 heterocycles. The molecule has 1 N–H and O–H groups in total. The van der Waals surface area contributed by atoms with Crippen LogP contribution in [0.25, 0.3) is 0 Å². The van der Waals surface area contributed by atoms with Crippen molar-refractivity contribution >= 4 is 10.0 Å². The van der Waals surface area contributed by atoms with Crippen LogP contribution in [0, 0.1) is 0 Å². The molecule has 0 bridgehead atoms. The van der Waals surface area contributed by atoms with Crippen LogP contribution in [0.1, 0.15) is 0 Å². The average molecular weight is 221 g/mol. The van der Waals surface area contributed by atoms with Gasteiger partial charge in [0.25, 0.3) is 0 Å². The summed E-state index contributed by atoms with van der Waals surface area (Å²) in [7, 11) is 0.890. The lowest BCUT2D eigenvalue weighted by atomic mass is 10.2. The summed E-state index contributed by atoms with van der Waals surface area (Å²) in [5.41, 5.74) is 0. The van der Waals surface area contributed by atoms with Crippen molar-refractivity contribution in [1.29, 1.82) is 0 Å². The van der Waals surface area contributed by atoms with E-state index in [1.165, 1.54) is 6.26 Å². The molecule has 0 aromatic heterocycles. The van der Waals surface area contributed by atoms with E-state index < -0.39 is 10.0 Å². The molecule has 1 saturated heterocycles. The minimum absolute atomic E-state index is 0.281. The van der Waals surface area contributed by atoms with Crippen LogP contribution in [0.2, 0.25) is 0 Å². The second-order valence-electron chi connectivity index (χ2n) is 3.81. The van der Waals surface area contributed by atoms with Crippen molar-refractivity contribution in [1.82, 2.24) is 14.5 Å². The average Bonchev–Trinajstić information content (AvgIpc) is 2.07. The Morgan fingerprint density at radius 2 is 2.07 bits per heavy atom. The van der Waals surface area contributed by atoms with E-state index in [0.29, 0.717) is 13.1 Å². The Hall–Kier alpha value is -0.170. The summed E-state index contributed by atoms with van der Waals surface area (Å²) in [4.78, 5) is 2.19. The summed E-state index contributed by atoms with van der Waals surface area (Å²) in [5, 5.41) is 3.08. The lowest BCUT2D eigenvalue weighted by molar-refractivity contribution is 0.147. The zero-order valence-electron chi connectivity index (χ0n) is 9.02. The van der Waals surface area contributed by atoms with Crippen LogP contribution in [0.5, 0.6) is 0 Å². The predicted molar refractivity (Wildman–Crippen MR) is 56.8 cm³/mol. The van der Waals surface area contributed by atoms with Gasteiger partial charge in [-0.05, 0) is 14.1 Å². The van der Waals surface area contributed by atoms with Crippen molar-refractivity contribution in [2.24, 2.45) is 0 Å². The molecule has 1 unspecified atom stereocenters. The van der Waals surface area contributed by atoms with Gasteiger partial charge in [0.2, 0.25) is 10.0 Å². The summed E-state index contributed by atoms with van der Waals surface area (Å²) in [6.07, 6.45) is 1.27. The molecule has 1 aliphatic rings. The molecule has 0 saturated carbocycles. The number of piperazine rings is 1. The van der Waals surface area contributed by atoms with Gasteiger partial charge >= 0.3 is 0 Å². The van der Waals surface area contributed by atoms with Crippen molar-refractivity contribution in [3.05, 3.63) is 0 Å². The molecule has 0 aliphatic carbocycles. The third-order valence-corrected chi connectivity index (χ3v) is 3.92. The fourth-order valence-electron chi connectivity index (χ4n) is 1.67. The Bertz CT molecular complexity index is 278. The Balaban J connectivity index is 2.62. The van der Waals surface area contributed by atoms with Crippen LogP contribution in [-0.4, -0.2) is 70.2 Å². The predicted octanol–water partition coefficient (Wildman–Crippen LogP) is -1.22. The number of nitrogens with zero attached hydrogens (tertiary/aromatic N) is 2. The van der Waals surface area contributed by atoms with Gasteiger partial charge in [0.05, 0.1) is 6.26 Å². The van der Waals surface area contributed by atoms with Gasteiger partial charge in [-0.3, -0.25) is 4.90 Å². The molecule has 1 atom stereocenters. The van der Waals surface area contributed by atoms with Crippen LogP contribution in [-0.2, 0) is 10.0 Å². The van der Waals surface area contributed by atoms with Crippen molar-refractivity contribution in [3.63, 3.8) is 0 Å². The lowest BCUT2D eigenvalue weighted by Gasteiger charge is -2.38. The fourth-order valence-corrected chi connectivity index (χ4v) is 2.53. The van der Waals surface area contributed by atoms with E-state index in [-0.39, 0.29) is 6.04 Å². The largest absolute Gasteiger partial charge is 0.318 e. The zero-order valence-corrected chi connectivity index (χ0v) is 9.84. The minimum Gasteiger partial charge on any atom is -0.318 e. The molecule has 0 radical (unpaired) electrons. The van der Waals surface area contributed by atoms with Crippen LogP contribution >= 0.6 is 0 Å². The smallest absolute Gasteiger partial charge is 0.211 e. The minimum atomic E-state index is -3.02. The molecular formula is C8H19N3O2S. The van der Waals surface area contributed by atoms with Gasteiger partial charge in [0.15, 0.2) is 0 Å². The highest BCUT2D eigenvalue weighted by atomic mass is 32.2. The molecule has 0 aromatic carbocycles. The molecular weight excluding hydrogens is 202 g/mol. The Morgan fingerprint density at radius 1 is 1.43 bits per heavy atom. The topological polar surface area (TPSA) is 52.7 Å². The number of likely N-dealkylation sites (N-methyl/N-ethyl adjacent to an activating group) is 2. The molecule has 6 heteroatoms. The van der Waals surface area contributed by atoms with E-state index in [4.69, 9.17) is 0 Å². The Labute approximate surface area is 86.1 Å². The van der Waals surface area contributed by atoms with Crippen molar-refractivity contribution < 1.29 is 8.42 Å². The number of sulfonamides is 1. The summed E-state index contributed by atoms with van der Waals surface area (Å²) in [6.45, 7) is 2.83. The standard InChI is InChI=1S/C8H19N3O2S/c1-9-6-8-7-11(14(3,12)13)5-4-10(8)2/h8-9H,4-7H2,1-3H3. The third-order valence-electron chi connectivity index (χ3n) is 2.65. The maximum absolute atomic E-state index is 11.3. The number of nitrogens with one attached hydrogen (secondary N) is 1. The Kier molecular flexibility index (Phi) is 3.88. The number of hydrogen-bond donors (Lipinski definition) is 1. The van der Waals surface area contributed by atoms with Gasteiger partial charge in [0.1, 0.15) is 0 Å². The second kappa shape index (κ2) is 4.57.